The van der Waals surface area contributed by atoms with Gasteiger partial charge in [0.15, 0.2) is 5.69 Å². The number of aromatic nitrogens is 1. The van der Waals surface area contributed by atoms with Gasteiger partial charge in [-0.3, -0.25) is 0 Å². The molecular formula is C8H7F2NO3. The molecule has 1 aromatic heterocycles. The van der Waals surface area contributed by atoms with Crippen molar-refractivity contribution in [3.8, 4) is 5.88 Å². The summed E-state index contributed by atoms with van der Waals surface area (Å²) >= 11 is 0. The summed E-state index contributed by atoms with van der Waals surface area (Å²) in [6.07, 6.45) is -2.82. The number of rotatable bonds is 2. The molecule has 0 aliphatic rings. The third kappa shape index (κ3) is 1.95. The van der Waals surface area contributed by atoms with Crippen LogP contribution in [0.1, 0.15) is 22.5 Å². The predicted octanol–water partition coefficient (Wildman–Crippen LogP) is 1.51. The number of nitrogens with zero attached hydrogens (tertiary/aromatic N) is 1. The molecule has 1 aromatic rings. The van der Waals surface area contributed by atoms with Crippen LogP contribution >= 0.6 is 0 Å². The Kier molecular flexibility index (Phi) is 2.95. The summed E-state index contributed by atoms with van der Waals surface area (Å²) in [4.78, 5) is 14.1. The van der Waals surface area contributed by atoms with Crippen LogP contribution in [-0.4, -0.2) is 23.2 Å². The van der Waals surface area contributed by atoms with E-state index in [1.165, 1.54) is 0 Å². The number of pyridine rings is 1. The van der Waals surface area contributed by atoms with Gasteiger partial charge in [0, 0.05) is 0 Å². The minimum atomic E-state index is -2.82. The van der Waals surface area contributed by atoms with E-state index < -0.39 is 23.8 Å². The largest absolute Gasteiger partial charge is 0.493 e. The molecule has 1 N–H and O–H groups in total. The summed E-state index contributed by atoms with van der Waals surface area (Å²) in [5.74, 6) is -1.65. The van der Waals surface area contributed by atoms with Crippen LogP contribution in [0, 0.1) is 0 Å². The van der Waals surface area contributed by atoms with Gasteiger partial charge in [0.05, 0.1) is 12.7 Å². The van der Waals surface area contributed by atoms with E-state index in [4.69, 9.17) is 5.11 Å². The maximum absolute atomic E-state index is 12.1. The standard InChI is InChI=1S/C8H7F2NO3/c1-14-8(13)5-3-2-4(6(9)10)7(12)11-5/h2-3,6H,1H3,(H,11,12). The number of esters is 1. The molecule has 76 valence electrons. The van der Waals surface area contributed by atoms with Crippen molar-refractivity contribution in [1.82, 2.24) is 4.98 Å². The van der Waals surface area contributed by atoms with E-state index in [-0.39, 0.29) is 5.69 Å². The second-order valence-electron chi connectivity index (χ2n) is 2.40. The molecule has 0 aliphatic carbocycles. The van der Waals surface area contributed by atoms with Gasteiger partial charge >= 0.3 is 5.97 Å². The molecule has 0 saturated heterocycles. The molecule has 1 heterocycles. The second kappa shape index (κ2) is 3.99. The molecule has 0 radical (unpaired) electrons. The Morgan fingerprint density at radius 1 is 1.57 bits per heavy atom. The molecule has 0 atom stereocenters. The lowest BCUT2D eigenvalue weighted by molar-refractivity contribution is 0.0592. The van der Waals surface area contributed by atoms with Gasteiger partial charge in [-0.2, -0.15) is 0 Å². The van der Waals surface area contributed by atoms with Crippen molar-refractivity contribution in [2.45, 2.75) is 6.43 Å². The Hall–Kier alpha value is -1.72. The molecule has 14 heavy (non-hydrogen) atoms. The third-order valence-corrected chi connectivity index (χ3v) is 1.53. The fourth-order valence-corrected chi connectivity index (χ4v) is 0.848. The molecule has 0 saturated carbocycles. The smallest absolute Gasteiger partial charge is 0.356 e. The number of aromatic hydroxyl groups is 1. The molecular weight excluding hydrogens is 196 g/mol. The van der Waals surface area contributed by atoms with E-state index in [1.807, 2.05) is 0 Å². The molecule has 6 heteroatoms. The first kappa shape index (κ1) is 10.4. The molecule has 0 aromatic carbocycles. The minimum Gasteiger partial charge on any atom is -0.493 e. The first-order valence-electron chi connectivity index (χ1n) is 3.62. The van der Waals surface area contributed by atoms with Crippen molar-refractivity contribution in [3.63, 3.8) is 0 Å². The number of hydrogen-bond donors (Lipinski definition) is 1. The molecule has 0 bridgehead atoms. The summed E-state index contributed by atoms with van der Waals surface area (Å²) < 4.78 is 28.5. The number of hydrogen-bond acceptors (Lipinski definition) is 4. The van der Waals surface area contributed by atoms with E-state index in [2.05, 4.69) is 9.72 Å². The fraction of sp³-hybridized carbons (Fsp3) is 0.250. The lowest BCUT2D eigenvalue weighted by Gasteiger charge is -2.03. The Bertz CT molecular complexity index is 354. The third-order valence-electron chi connectivity index (χ3n) is 1.53. The number of methoxy groups -OCH3 is 1. The first-order valence-corrected chi connectivity index (χ1v) is 3.62. The minimum absolute atomic E-state index is 0.214. The summed E-state index contributed by atoms with van der Waals surface area (Å²) in [6.45, 7) is 0. The van der Waals surface area contributed by atoms with E-state index in [1.54, 1.807) is 0 Å². The van der Waals surface area contributed by atoms with Gasteiger partial charge < -0.3 is 9.84 Å². The van der Waals surface area contributed by atoms with Crippen molar-refractivity contribution in [1.29, 1.82) is 0 Å². The average Bonchev–Trinajstić information content (AvgIpc) is 2.15. The molecule has 0 spiro atoms. The van der Waals surface area contributed by atoms with Gasteiger partial charge in [-0.15, -0.1) is 0 Å². The Morgan fingerprint density at radius 3 is 2.64 bits per heavy atom. The normalized spacial score (nSPS) is 10.3. The molecule has 0 aliphatic heterocycles. The highest BCUT2D eigenvalue weighted by Gasteiger charge is 2.16. The summed E-state index contributed by atoms with van der Waals surface area (Å²) in [7, 11) is 1.13. The topological polar surface area (TPSA) is 59.4 Å². The van der Waals surface area contributed by atoms with Crippen molar-refractivity contribution in [2.75, 3.05) is 7.11 Å². The highest BCUT2D eigenvalue weighted by molar-refractivity contribution is 5.87. The molecule has 0 unspecified atom stereocenters. The highest BCUT2D eigenvalue weighted by atomic mass is 19.3. The number of halogens is 2. The van der Waals surface area contributed by atoms with Crippen molar-refractivity contribution >= 4 is 5.97 Å². The number of ether oxygens (including phenoxy) is 1. The number of carbonyl (C=O) groups is 1. The zero-order chi connectivity index (χ0) is 10.7. The number of alkyl halides is 2. The van der Waals surface area contributed by atoms with Gasteiger partial charge in [0.2, 0.25) is 5.88 Å². The fourth-order valence-electron chi connectivity index (χ4n) is 0.848. The Labute approximate surface area is 78.1 Å². The van der Waals surface area contributed by atoms with E-state index >= 15 is 0 Å². The van der Waals surface area contributed by atoms with Crippen LogP contribution in [0.5, 0.6) is 5.88 Å². The Morgan fingerprint density at radius 2 is 2.21 bits per heavy atom. The van der Waals surface area contributed by atoms with Crippen molar-refractivity contribution < 1.29 is 23.4 Å². The average molecular weight is 203 g/mol. The summed E-state index contributed by atoms with van der Waals surface area (Å²) in [5, 5.41) is 9.01. The van der Waals surface area contributed by atoms with Crippen LogP contribution in [0.2, 0.25) is 0 Å². The second-order valence-corrected chi connectivity index (χ2v) is 2.40. The summed E-state index contributed by atoms with van der Waals surface area (Å²) in [6, 6.07) is 1.99. The van der Waals surface area contributed by atoms with Gasteiger partial charge in [-0.25, -0.2) is 18.6 Å². The van der Waals surface area contributed by atoms with Gasteiger partial charge in [0.1, 0.15) is 0 Å². The van der Waals surface area contributed by atoms with E-state index in [0.717, 1.165) is 19.2 Å². The van der Waals surface area contributed by atoms with E-state index in [0.29, 0.717) is 0 Å². The van der Waals surface area contributed by atoms with Crippen LogP contribution in [-0.2, 0) is 4.74 Å². The predicted molar refractivity (Wildman–Crippen MR) is 42.2 cm³/mol. The maximum Gasteiger partial charge on any atom is 0.356 e. The molecule has 4 nitrogen and oxygen atoms in total. The SMILES string of the molecule is COC(=O)c1ccc(C(F)F)c(O)n1. The first-order chi connectivity index (χ1) is 6.56. The highest BCUT2D eigenvalue weighted by Crippen LogP contribution is 2.26. The van der Waals surface area contributed by atoms with Crippen LogP contribution in [0.15, 0.2) is 12.1 Å². The van der Waals surface area contributed by atoms with Gasteiger partial charge in [0.25, 0.3) is 6.43 Å². The Balaban J connectivity index is 3.06. The van der Waals surface area contributed by atoms with Crippen molar-refractivity contribution in [2.24, 2.45) is 0 Å². The van der Waals surface area contributed by atoms with E-state index in [9.17, 15) is 13.6 Å². The maximum atomic E-state index is 12.1. The lowest BCUT2D eigenvalue weighted by Crippen LogP contribution is -2.04. The molecule has 0 fully saturated rings. The van der Waals surface area contributed by atoms with Crippen LogP contribution in [0.4, 0.5) is 8.78 Å². The van der Waals surface area contributed by atoms with Crippen LogP contribution in [0.25, 0.3) is 0 Å². The van der Waals surface area contributed by atoms with Crippen molar-refractivity contribution in [3.05, 3.63) is 23.4 Å². The van der Waals surface area contributed by atoms with Crippen LogP contribution in [0.3, 0.4) is 0 Å². The van der Waals surface area contributed by atoms with Gasteiger partial charge in [-0.1, -0.05) is 0 Å². The number of carbonyl (C=O) groups excluding carboxylic acids is 1. The summed E-state index contributed by atoms with van der Waals surface area (Å²) in [5.41, 5.74) is -0.827. The quantitative estimate of drug-likeness (QED) is 0.740. The monoisotopic (exact) mass is 203 g/mol. The van der Waals surface area contributed by atoms with Crippen LogP contribution < -0.4 is 0 Å². The zero-order valence-corrected chi connectivity index (χ0v) is 7.20. The van der Waals surface area contributed by atoms with Gasteiger partial charge in [-0.05, 0) is 12.1 Å². The molecule has 0 amide bonds. The molecule has 1 rings (SSSR count). The lowest BCUT2D eigenvalue weighted by atomic mass is 10.2. The zero-order valence-electron chi connectivity index (χ0n) is 7.20.